The quantitative estimate of drug-likeness (QED) is 0.684. The molecule has 7 heteroatoms. The summed E-state index contributed by atoms with van der Waals surface area (Å²) in [6.07, 6.45) is 0. The van der Waals surface area contributed by atoms with Crippen molar-refractivity contribution in [1.29, 1.82) is 0 Å². The number of hydrogen-bond donors (Lipinski definition) is 1. The molecule has 14 heavy (non-hydrogen) atoms. The van der Waals surface area contributed by atoms with E-state index >= 15 is 0 Å². The number of carboxylic acids is 1. The van der Waals surface area contributed by atoms with Crippen molar-refractivity contribution in [2.24, 2.45) is 0 Å². The maximum absolute atomic E-state index is 10.7. The molecule has 0 aliphatic rings. The summed E-state index contributed by atoms with van der Waals surface area (Å²) in [7, 11) is -3.24. The van der Waals surface area contributed by atoms with Gasteiger partial charge in [0.05, 0.1) is 0 Å². The van der Waals surface area contributed by atoms with E-state index in [1.165, 1.54) is 6.55 Å². The van der Waals surface area contributed by atoms with Gasteiger partial charge in [-0.15, -0.1) is 0 Å². The van der Waals surface area contributed by atoms with Crippen LogP contribution in [-0.2, 0) is 23.2 Å². The molecular formula is C7H12O6Si. The highest BCUT2D eigenvalue weighted by atomic mass is 28.4. The van der Waals surface area contributed by atoms with Gasteiger partial charge in [-0.2, -0.15) is 0 Å². The predicted molar refractivity (Wildman–Crippen MR) is 47.6 cm³/mol. The molecule has 0 unspecified atom stereocenters. The topological polar surface area (TPSA) is 89.9 Å². The fourth-order valence-electron chi connectivity index (χ4n) is 0.976. The summed E-state index contributed by atoms with van der Waals surface area (Å²) in [5, 5.41) is 8.53. The van der Waals surface area contributed by atoms with E-state index < -0.39 is 32.5 Å². The zero-order chi connectivity index (χ0) is 11.4. The zero-order valence-corrected chi connectivity index (χ0v) is 9.20. The van der Waals surface area contributed by atoms with Gasteiger partial charge in [-0.05, 0) is 0 Å². The second kappa shape index (κ2) is 4.75. The number of carbonyl (C=O) groups is 3. The summed E-state index contributed by atoms with van der Waals surface area (Å²) in [6.45, 7) is 3.62. The molecule has 0 aromatic carbocycles. The lowest BCUT2D eigenvalue weighted by molar-refractivity contribution is -0.139. The third-order valence-corrected chi connectivity index (χ3v) is 3.57. The highest BCUT2D eigenvalue weighted by Gasteiger charge is 2.40. The molecule has 0 saturated heterocycles. The lowest BCUT2D eigenvalue weighted by Gasteiger charge is -2.22. The Morgan fingerprint density at radius 1 is 1.14 bits per heavy atom. The molecular weight excluding hydrogens is 208 g/mol. The first-order valence-electron chi connectivity index (χ1n) is 3.86. The Kier molecular flexibility index (Phi) is 4.28. The van der Waals surface area contributed by atoms with Crippen LogP contribution in [0.3, 0.4) is 0 Å². The van der Waals surface area contributed by atoms with Gasteiger partial charge in [0.2, 0.25) is 0 Å². The number of aliphatic carboxylic acids is 1. The number of carboxylic acid groups (broad SMARTS) is 1. The fraction of sp³-hybridized carbons (Fsp3) is 0.571. The van der Waals surface area contributed by atoms with Crippen LogP contribution < -0.4 is 0 Å². The number of hydrogen-bond acceptors (Lipinski definition) is 5. The van der Waals surface area contributed by atoms with Gasteiger partial charge >= 0.3 is 14.5 Å². The SMILES string of the molecule is CC(=O)O[Si](C)(CC(=O)O)OC(C)=O. The third kappa shape index (κ3) is 5.30. The van der Waals surface area contributed by atoms with Crippen LogP contribution in [0.1, 0.15) is 13.8 Å². The summed E-state index contributed by atoms with van der Waals surface area (Å²) in [6, 6.07) is -0.452. The van der Waals surface area contributed by atoms with Crippen molar-refractivity contribution >= 4 is 26.5 Å². The molecule has 0 radical (unpaired) electrons. The smallest absolute Gasteiger partial charge is 0.472 e. The molecule has 0 amide bonds. The molecule has 0 saturated carbocycles. The molecule has 0 atom stereocenters. The standard InChI is InChI=1S/C7H12O6Si/c1-5(8)12-14(3,4-7(10)11)13-6(2)9/h4H2,1-3H3,(H,10,11). The van der Waals surface area contributed by atoms with Crippen LogP contribution in [0.25, 0.3) is 0 Å². The van der Waals surface area contributed by atoms with E-state index in [-0.39, 0.29) is 0 Å². The average molecular weight is 220 g/mol. The Morgan fingerprint density at radius 2 is 1.50 bits per heavy atom. The van der Waals surface area contributed by atoms with Crippen molar-refractivity contribution in [1.82, 2.24) is 0 Å². The van der Waals surface area contributed by atoms with Crippen LogP contribution in [0.5, 0.6) is 0 Å². The molecule has 6 nitrogen and oxygen atoms in total. The van der Waals surface area contributed by atoms with Gasteiger partial charge in [0.1, 0.15) is 6.04 Å². The Hall–Kier alpha value is -1.37. The predicted octanol–water partition coefficient (Wildman–Crippen LogP) is 0.269. The molecule has 0 aliphatic heterocycles. The van der Waals surface area contributed by atoms with E-state index in [0.29, 0.717) is 0 Å². The largest absolute Gasteiger partial charge is 0.485 e. The van der Waals surface area contributed by atoms with Crippen LogP contribution in [0.15, 0.2) is 0 Å². The normalized spacial score (nSPS) is 10.5. The maximum Gasteiger partial charge on any atom is 0.472 e. The summed E-state index contributed by atoms with van der Waals surface area (Å²) in [5.41, 5.74) is 0. The lowest BCUT2D eigenvalue weighted by Crippen LogP contribution is -2.43. The molecule has 0 bridgehead atoms. The van der Waals surface area contributed by atoms with Crippen molar-refractivity contribution in [3.05, 3.63) is 0 Å². The molecule has 0 heterocycles. The van der Waals surface area contributed by atoms with Crippen LogP contribution >= 0.6 is 0 Å². The first-order valence-corrected chi connectivity index (χ1v) is 6.38. The van der Waals surface area contributed by atoms with Crippen molar-refractivity contribution in [3.63, 3.8) is 0 Å². The van der Waals surface area contributed by atoms with Crippen molar-refractivity contribution in [2.45, 2.75) is 26.4 Å². The molecule has 80 valence electrons. The minimum Gasteiger partial charge on any atom is -0.485 e. The molecule has 0 rings (SSSR count). The Bertz CT molecular complexity index is 220. The van der Waals surface area contributed by atoms with E-state index in [2.05, 4.69) is 0 Å². The van der Waals surface area contributed by atoms with Gasteiger partial charge in [0.25, 0.3) is 11.9 Å². The van der Waals surface area contributed by atoms with Gasteiger partial charge in [0, 0.05) is 20.4 Å². The molecule has 0 aromatic heterocycles. The van der Waals surface area contributed by atoms with Crippen LogP contribution in [-0.4, -0.2) is 31.6 Å². The van der Waals surface area contributed by atoms with Gasteiger partial charge in [0.15, 0.2) is 0 Å². The van der Waals surface area contributed by atoms with E-state index in [1.54, 1.807) is 0 Å². The van der Waals surface area contributed by atoms with E-state index in [1.807, 2.05) is 0 Å². The van der Waals surface area contributed by atoms with Crippen molar-refractivity contribution in [3.8, 4) is 0 Å². The Morgan fingerprint density at radius 3 is 1.71 bits per heavy atom. The van der Waals surface area contributed by atoms with Gasteiger partial charge in [-0.1, -0.05) is 0 Å². The monoisotopic (exact) mass is 220 g/mol. The Balaban J connectivity index is 4.56. The molecule has 0 fully saturated rings. The zero-order valence-electron chi connectivity index (χ0n) is 8.20. The first kappa shape index (κ1) is 12.6. The molecule has 0 spiro atoms. The third-order valence-electron chi connectivity index (χ3n) is 1.19. The van der Waals surface area contributed by atoms with Gasteiger partial charge < -0.3 is 14.0 Å². The highest BCUT2D eigenvalue weighted by molar-refractivity contribution is 6.71. The summed E-state index contributed by atoms with van der Waals surface area (Å²) in [5.74, 6) is -2.47. The van der Waals surface area contributed by atoms with Crippen LogP contribution in [0.4, 0.5) is 0 Å². The van der Waals surface area contributed by atoms with Crippen molar-refractivity contribution in [2.75, 3.05) is 0 Å². The van der Waals surface area contributed by atoms with Gasteiger partial charge in [-0.25, -0.2) is 0 Å². The van der Waals surface area contributed by atoms with Crippen LogP contribution in [0.2, 0.25) is 12.6 Å². The molecule has 0 aromatic rings. The minimum atomic E-state index is -3.24. The van der Waals surface area contributed by atoms with Crippen LogP contribution in [0, 0.1) is 0 Å². The fourth-order valence-corrected chi connectivity index (χ4v) is 2.93. The van der Waals surface area contributed by atoms with E-state index in [0.717, 1.165) is 13.8 Å². The van der Waals surface area contributed by atoms with E-state index in [9.17, 15) is 14.4 Å². The molecule has 1 N–H and O–H groups in total. The number of rotatable bonds is 4. The van der Waals surface area contributed by atoms with E-state index in [4.69, 9.17) is 14.0 Å². The first-order chi connectivity index (χ1) is 6.25. The van der Waals surface area contributed by atoms with Crippen molar-refractivity contribution < 1.29 is 28.3 Å². The summed E-state index contributed by atoms with van der Waals surface area (Å²) < 4.78 is 9.47. The second-order valence-corrected chi connectivity index (χ2v) is 5.92. The highest BCUT2D eigenvalue weighted by Crippen LogP contribution is 2.14. The summed E-state index contributed by atoms with van der Waals surface area (Å²) in [4.78, 5) is 31.7. The van der Waals surface area contributed by atoms with Gasteiger partial charge in [-0.3, -0.25) is 14.4 Å². The maximum atomic E-state index is 10.7. The average Bonchev–Trinajstić information content (AvgIpc) is 1.76. The Labute approximate surface area is 82.1 Å². The molecule has 0 aliphatic carbocycles. The lowest BCUT2D eigenvalue weighted by atomic mass is 10.8. The number of carbonyl (C=O) groups excluding carboxylic acids is 2. The summed E-state index contributed by atoms with van der Waals surface area (Å²) >= 11 is 0. The second-order valence-electron chi connectivity index (χ2n) is 2.89. The minimum absolute atomic E-state index is 0.452.